The number of carbonyl (C=O) groups is 1. The second-order valence-corrected chi connectivity index (χ2v) is 4.17. The second kappa shape index (κ2) is 4.03. The highest BCUT2D eigenvalue weighted by molar-refractivity contribution is 14.1. The van der Waals surface area contributed by atoms with Crippen molar-refractivity contribution in [2.24, 2.45) is 0 Å². The van der Waals surface area contributed by atoms with Gasteiger partial charge in [-0.15, -0.1) is 0 Å². The van der Waals surface area contributed by atoms with Gasteiger partial charge in [0.25, 0.3) is 0 Å². The molecule has 0 aliphatic heterocycles. The highest BCUT2D eigenvalue weighted by Crippen LogP contribution is 2.12. The number of hydrogen-bond acceptors (Lipinski definition) is 1. The zero-order chi connectivity index (χ0) is 9.14. The summed E-state index contributed by atoms with van der Waals surface area (Å²) in [7, 11) is 0. The Hall–Kier alpha value is -0.380. The van der Waals surface area contributed by atoms with Crippen molar-refractivity contribution in [1.29, 1.82) is 0 Å². The van der Waals surface area contributed by atoms with E-state index >= 15 is 0 Å². The molecule has 1 aromatic carbocycles. The van der Waals surface area contributed by atoms with Gasteiger partial charge in [-0.05, 0) is 47.6 Å². The van der Waals surface area contributed by atoms with Crippen molar-refractivity contribution in [2.45, 2.75) is 20.3 Å². The average molecular weight is 274 g/mol. The number of rotatable bonds is 2. The monoisotopic (exact) mass is 274 g/mol. The van der Waals surface area contributed by atoms with Gasteiger partial charge in [0, 0.05) is 6.42 Å². The van der Waals surface area contributed by atoms with Gasteiger partial charge in [-0.1, -0.05) is 23.8 Å². The predicted molar refractivity (Wildman–Crippen MR) is 58.6 cm³/mol. The average Bonchev–Trinajstić information content (AvgIpc) is 1.96. The van der Waals surface area contributed by atoms with E-state index in [1.165, 1.54) is 11.1 Å². The Morgan fingerprint density at radius 1 is 1.42 bits per heavy atom. The SMILES string of the molecule is Cc1ccc(C)c(CC(=O)I)c1. The largest absolute Gasteiger partial charge is 0.287 e. The summed E-state index contributed by atoms with van der Waals surface area (Å²) >= 11 is 1.84. The van der Waals surface area contributed by atoms with E-state index < -0.39 is 0 Å². The van der Waals surface area contributed by atoms with Gasteiger partial charge in [-0.25, -0.2) is 0 Å². The maximum atomic E-state index is 10.9. The van der Waals surface area contributed by atoms with E-state index in [2.05, 4.69) is 18.2 Å². The molecule has 0 spiro atoms. The first kappa shape index (κ1) is 9.71. The van der Waals surface area contributed by atoms with Gasteiger partial charge in [-0.2, -0.15) is 0 Å². The summed E-state index contributed by atoms with van der Waals surface area (Å²) in [5.74, 6) is 0. The van der Waals surface area contributed by atoms with Crippen LogP contribution in [-0.4, -0.2) is 3.79 Å². The third-order valence-corrected chi connectivity index (χ3v) is 2.22. The van der Waals surface area contributed by atoms with Gasteiger partial charge < -0.3 is 0 Å². The Morgan fingerprint density at radius 2 is 2.08 bits per heavy atom. The molecule has 0 aromatic heterocycles. The molecule has 12 heavy (non-hydrogen) atoms. The zero-order valence-corrected chi connectivity index (χ0v) is 9.38. The standard InChI is InChI=1S/C10H11IO/c1-7-3-4-8(2)9(5-7)6-10(11)12/h3-5H,6H2,1-2H3. The summed E-state index contributed by atoms with van der Waals surface area (Å²) < 4.78 is 0.196. The first-order chi connectivity index (χ1) is 5.59. The van der Waals surface area contributed by atoms with Crippen molar-refractivity contribution in [1.82, 2.24) is 0 Å². The van der Waals surface area contributed by atoms with Crippen molar-refractivity contribution in [3.05, 3.63) is 34.9 Å². The van der Waals surface area contributed by atoms with Gasteiger partial charge >= 0.3 is 0 Å². The fourth-order valence-corrected chi connectivity index (χ4v) is 1.55. The lowest BCUT2D eigenvalue weighted by Gasteiger charge is -2.03. The topological polar surface area (TPSA) is 17.1 Å². The third kappa shape index (κ3) is 2.59. The van der Waals surface area contributed by atoms with Gasteiger partial charge in [0.05, 0.1) is 0 Å². The molecule has 2 heteroatoms. The maximum Gasteiger partial charge on any atom is 0.196 e. The van der Waals surface area contributed by atoms with E-state index in [1.54, 1.807) is 0 Å². The summed E-state index contributed by atoms with van der Waals surface area (Å²) in [6.45, 7) is 4.08. The summed E-state index contributed by atoms with van der Waals surface area (Å²) in [6.07, 6.45) is 0.550. The minimum Gasteiger partial charge on any atom is -0.287 e. The van der Waals surface area contributed by atoms with Crippen LogP contribution in [0.5, 0.6) is 0 Å². The van der Waals surface area contributed by atoms with Crippen LogP contribution >= 0.6 is 22.6 Å². The molecular formula is C10H11IO. The molecule has 0 saturated heterocycles. The lowest BCUT2D eigenvalue weighted by atomic mass is 10.0. The molecule has 0 amide bonds. The molecule has 0 bridgehead atoms. The minimum atomic E-state index is 0.196. The van der Waals surface area contributed by atoms with Gasteiger partial charge in [0.15, 0.2) is 3.79 Å². The molecule has 1 aromatic rings. The van der Waals surface area contributed by atoms with Crippen molar-refractivity contribution in [2.75, 3.05) is 0 Å². The molecule has 1 rings (SSSR count). The highest BCUT2D eigenvalue weighted by Gasteiger charge is 2.02. The Bertz CT molecular complexity index is 305. The Labute approximate surface area is 86.3 Å². The van der Waals surface area contributed by atoms with E-state index in [0.717, 1.165) is 5.56 Å². The van der Waals surface area contributed by atoms with E-state index in [0.29, 0.717) is 6.42 Å². The van der Waals surface area contributed by atoms with Gasteiger partial charge in [-0.3, -0.25) is 4.79 Å². The zero-order valence-electron chi connectivity index (χ0n) is 7.23. The summed E-state index contributed by atoms with van der Waals surface area (Å²) in [4.78, 5) is 10.9. The lowest BCUT2D eigenvalue weighted by molar-refractivity contribution is -0.108. The van der Waals surface area contributed by atoms with Crippen LogP contribution in [0.4, 0.5) is 0 Å². The van der Waals surface area contributed by atoms with E-state index in [1.807, 2.05) is 36.4 Å². The van der Waals surface area contributed by atoms with Gasteiger partial charge in [0.2, 0.25) is 0 Å². The van der Waals surface area contributed by atoms with Crippen molar-refractivity contribution in [3.63, 3.8) is 0 Å². The molecule has 0 unspecified atom stereocenters. The molecule has 0 N–H and O–H groups in total. The number of aryl methyl sites for hydroxylation is 2. The van der Waals surface area contributed by atoms with E-state index in [4.69, 9.17) is 0 Å². The van der Waals surface area contributed by atoms with Gasteiger partial charge in [0.1, 0.15) is 0 Å². The Balaban J connectivity index is 2.97. The Kier molecular flexibility index (Phi) is 3.26. The molecule has 0 radical (unpaired) electrons. The van der Waals surface area contributed by atoms with Crippen LogP contribution in [0.25, 0.3) is 0 Å². The van der Waals surface area contributed by atoms with Crippen LogP contribution < -0.4 is 0 Å². The smallest absolute Gasteiger partial charge is 0.196 e. The van der Waals surface area contributed by atoms with Crippen LogP contribution in [0.3, 0.4) is 0 Å². The molecular weight excluding hydrogens is 263 g/mol. The molecule has 0 fully saturated rings. The lowest BCUT2D eigenvalue weighted by Crippen LogP contribution is -1.96. The van der Waals surface area contributed by atoms with Crippen molar-refractivity contribution < 1.29 is 4.79 Å². The molecule has 64 valence electrons. The first-order valence-electron chi connectivity index (χ1n) is 3.84. The number of hydrogen-bond donors (Lipinski definition) is 0. The quantitative estimate of drug-likeness (QED) is 0.598. The van der Waals surface area contributed by atoms with E-state index in [-0.39, 0.29) is 3.79 Å². The van der Waals surface area contributed by atoms with Crippen molar-refractivity contribution >= 4 is 26.4 Å². The molecule has 1 nitrogen and oxygen atoms in total. The van der Waals surface area contributed by atoms with Crippen LogP contribution in [0.1, 0.15) is 16.7 Å². The summed E-state index contributed by atoms with van der Waals surface area (Å²) in [6, 6.07) is 6.20. The normalized spacial score (nSPS) is 9.92. The van der Waals surface area contributed by atoms with E-state index in [9.17, 15) is 4.79 Å². The number of carbonyl (C=O) groups excluding carboxylic acids is 1. The van der Waals surface area contributed by atoms with Crippen LogP contribution in [0.15, 0.2) is 18.2 Å². The minimum absolute atomic E-state index is 0.196. The van der Waals surface area contributed by atoms with Crippen LogP contribution in [0.2, 0.25) is 0 Å². The predicted octanol–water partition coefficient (Wildman–Crippen LogP) is 2.81. The van der Waals surface area contributed by atoms with Crippen LogP contribution in [-0.2, 0) is 11.2 Å². The van der Waals surface area contributed by atoms with Crippen LogP contribution in [0, 0.1) is 13.8 Å². The first-order valence-corrected chi connectivity index (χ1v) is 4.92. The maximum absolute atomic E-state index is 10.9. The fourth-order valence-electron chi connectivity index (χ4n) is 1.14. The molecule has 0 heterocycles. The third-order valence-electron chi connectivity index (χ3n) is 1.83. The molecule has 0 atom stereocenters. The van der Waals surface area contributed by atoms with Crippen molar-refractivity contribution in [3.8, 4) is 0 Å². The molecule has 0 saturated carbocycles. The number of benzene rings is 1. The Morgan fingerprint density at radius 3 is 2.67 bits per heavy atom. The molecule has 0 aliphatic rings. The highest BCUT2D eigenvalue weighted by atomic mass is 127. The second-order valence-electron chi connectivity index (χ2n) is 2.96. The number of halogens is 1. The molecule has 0 aliphatic carbocycles. The fraction of sp³-hybridized carbons (Fsp3) is 0.300. The summed E-state index contributed by atoms with van der Waals surface area (Å²) in [5.41, 5.74) is 3.56. The summed E-state index contributed by atoms with van der Waals surface area (Å²) in [5, 5.41) is 0.